The Morgan fingerprint density at radius 2 is 1.22 bits per heavy atom. The second-order valence-electron chi connectivity index (χ2n) is 7.10. The lowest BCUT2D eigenvalue weighted by molar-refractivity contribution is 0.572. The molecule has 1 unspecified atom stereocenters. The van der Waals surface area contributed by atoms with Crippen LogP contribution in [0.2, 0.25) is 0 Å². The lowest BCUT2D eigenvalue weighted by atomic mass is 9.96. The average molecular weight is 380 g/mol. The van der Waals surface area contributed by atoms with Gasteiger partial charge in [0.05, 0.1) is 10.9 Å². The third kappa shape index (κ3) is 4.65. The van der Waals surface area contributed by atoms with E-state index < -0.39 is 16.1 Å². The van der Waals surface area contributed by atoms with Crippen LogP contribution in [0.15, 0.2) is 83.8 Å². The molecule has 3 aromatic carbocycles. The van der Waals surface area contributed by atoms with Crippen molar-refractivity contribution in [2.24, 2.45) is 0 Å². The normalized spacial score (nSPS) is 12.9. The monoisotopic (exact) mass is 379 g/mol. The maximum absolute atomic E-state index is 13.0. The summed E-state index contributed by atoms with van der Waals surface area (Å²) < 4.78 is 28.8. The Labute approximate surface area is 162 Å². The Morgan fingerprint density at radius 1 is 0.704 bits per heavy atom. The van der Waals surface area contributed by atoms with Crippen molar-refractivity contribution in [3.8, 4) is 0 Å². The van der Waals surface area contributed by atoms with E-state index in [2.05, 4.69) is 30.7 Å². The Kier molecular flexibility index (Phi) is 5.78. The quantitative estimate of drug-likeness (QED) is 0.641. The highest BCUT2D eigenvalue weighted by Crippen LogP contribution is 2.26. The van der Waals surface area contributed by atoms with Gasteiger partial charge in [-0.15, -0.1) is 0 Å². The highest BCUT2D eigenvalue weighted by Gasteiger charge is 2.23. The molecule has 0 aliphatic carbocycles. The Hall–Kier alpha value is -2.43. The van der Waals surface area contributed by atoms with Crippen LogP contribution >= 0.6 is 0 Å². The van der Waals surface area contributed by atoms with Crippen molar-refractivity contribution < 1.29 is 8.42 Å². The van der Waals surface area contributed by atoms with Crippen LogP contribution in [-0.4, -0.2) is 8.42 Å². The molecule has 140 valence electrons. The summed E-state index contributed by atoms with van der Waals surface area (Å²) in [5.74, 6) is 0.429. The molecule has 4 heteroatoms. The molecule has 0 fully saturated rings. The van der Waals surface area contributed by atoms with Crippen molar-refractivity contribution in [3.63, 3.8) is 0 Å². The first kappa shape index (κ1) is 19.3. The summed E-state index contributed by atoms with van der Waals surface area (Å²) in [5, 5.41) is 0. The minimum Gasteiger partial charge on any atom is -0.207 e. The number of benzene rings is 3. The van der Waals surface area contributed by atoms with E-state index in [1.807, 2.05) is 61.5 Å². The van der Waals surface area contributed by atoms with E-state index in [1.54, 1.807) is 12.1 Å². The van der Waals surface area contributed by atoms with Gasteiger partial charge in [0.15, 0.2) is 0 Å². The van der Waals surface area contributed by atoms with Gasteiger partial charge in [-0.3, -0.25) is 0 Å². The van der Waals surface area contributed by atoms with E-state index in [0.29, 0.717) is 5.92 Å². The number of rotatable bonds is 6. The van der Waals surface area contributed by atoms with Gasteiger partial charge in [0.25, 0.3) is 0 Å². The zero-order valence-electron chi connectivity index (χ0n) is 15.9. The average Bonchev–Trinajstić information content (AvgIpc) is 2.67. The van der Waals surface area contributed by atoms with Gasteiger partial charge in [-0.2, -0.15) is 4.72 Å². The molecule has 1 N–H and O–H groups in total. The first-order valence-electron chi connectivity index (χ1n) is 9.10. The molecule has 0 saturated heterocycles. The number of aryl methyl sites for hydroxylation is 1. The summed E-state index contributed by atoms with van der Waals surface area (Å²) in [6.07, 6.45) is 0. The van der Waals surface area contributed by atoms with E-state index >= 15 is 0 Å². The van der Waals surface area contributed by atoms with Gasteiger partial charge in [0.2, 0.25) is 10.0 Å². The third-order valence-corrected chi connectivity index (χ3v) is 6.11. The largest absolute Gasteiger partial charge is 0.241 e. The molecule has 0 aromatic heterocycles. The predicted molar refractivity (Wildman–Crippen MR) is 110 cm³/mol. The molecular weight excluding hydrogens is 354 g/mol. The fourth-order valence-electron chi connectivity index (χ4n) is 2.99. The summed E-state index contributed by atoms with van der Waals surface area (Å²) in [5.41, 5.74) is 4.08. The molecule has 0 saturated carbocycles. The Bertz CT molecular complexity index is 977. The summed E-state index contributed by atoms with van der Waals surface area (Å²) in [6.45, 7) is 6.22. The van der Waals surface area contributed by atoms with Crippen LogP contribution in [0.4, 0.5) is 0 Å². The van der Waals surface area contributed by atoms with Crippen molar-refractivity contribution >= 4 is 10.0 Å². The molecule has 0 aliphatic rings. The van der Waals surface area contributed by atoms with Crippen molar-refractivity contribution in [2.45, 2.75) is 37.6 Å². The molecule has 0 heterocycles. The minimum absolute atomic E-state index is 0.271. The second-order valence-corrected chi connectivity index (χ2v) is 8.81. The van der Waals surface area contributed by atoms with E-state index in [-0.39, 0.29) is 4.90 Å². The first-order chi connectivity index (χ1) is 12.9. The van der Waals surface area contributed by atoms with E-state index in [9.17, 15) is 8.42 Å². The predicted octanol–water partition coefficient (Wildman–Crippen LogP) is 5.19. The molecule has 0 amide bonds. The molecule has 3 nitrogen and oxygen atoms in total. The molecule has 0 bridgehead atoms. The molecule has 3 rings (SSSR count). The van der Waals surface area contributed by atoms with Crippen LogP contribution in [-0.2, 0) is 10.0 Å². The molecular formula is C23H25NO2S. The van der Waals surface area contributed by atoms with Gasteiger partial charge in [0, 0.05) is 0 Å². The number of hydrogen-bond acceptors (Lipinski definition) is 2. The number of sulfonamides is 1. The van der Waals surface area contributed by atoms with Crippen LogP contribution in [0.5, 0.6) is 0 Å². The summed E-state index contributed by atoms with van der Waals surface area (Å²) in [6, 6.07) is 24.3. The standard InChI is InChI=1S/C23H25NO2S/c1-17(2)19-11-13-21(14-12-19)23(20-7-5-4-6-8-20)24-27(25,26)22-15-9-18(3)10-16-22/h4-17,23-24H,1-3H3. The van der Waals surface area contributed by atoms with Gasteiger partial charge >= 0.3 is 0 Å². The topological polar surface area (TPSA) is 46.2 Å². The van der Waals surface area contributed by atoms with E-state index in [1.165, 1.54) is 5.56 Å². The summed E-state index contributed by atoms with van der Waals surface area (Å²) in [4.78, 5) is 0.271. The lowest BCUT2D eigenvalue weighted by Gasteiger charge is -2.20. The molecule has 3 aromatic rings. The molecule has 0 radical (unpaired) electrons. The van der Waals surface area contributed by atoms with E-state index in [4.69, 9.17) is 0 Å². The van der Waals surface area contributed by atoms with E-state index in [0.717, 1.165) is 16.7 Å². The SMILES string of the molecule is Cc1ccc(S(=O)(=O)NC(c2ccccc2)c2ccc(C(C)C)cc2)cc1. The van der Waals surface area contributed by atoms with Gasteiger partial charge in [-0.25, -0.2) is 8.42 Å². The van der Waals surface area contributed by atoms with Crippen molar-refractivity contribution in [1.82, 2.24) is 4.72 Å². The van der Waals surface area contributed by atoms with Crippen LogP contribution in [0.25, 0.3) is 0 Å². The van der Waals surface area contributed by atoms with Crippen LogP contribution in [0.3, 0.4) is 0 Å². The fourth-order valence-corrected chi connectivity index (χ4v) is 4.20. The molecule has 0 spiro atoms. The van der Waals surface area contributed by atoms with Gasteiger partial charge in [0.1, 0.15) is 0 Å². The maximum Gasteiger partial charge on any atom is 0.241 e. The fraction of sp³-hybridized carbons (Fsp3) is 0.217. The first-order valence-corrected chi connectivity index (χ1v) is 10.6. The van der Waals surface area contributed by atoms with Crippen molar-refractivity contribution in [3.05, 3.63) is 101 Å². The van der Waals surface area contributed by atoms with Crippen molar-refractivity contribution in [2.75, 3.05) is 0 Å². The highest BCUT2D eigenvalue weighted by atomic mass is 32.2. The zero-order valence-corrected chi connectivity index (χ0v) is 16.7. The van der Waals surface area contributed by atoms with Crippen molar-refractivity contribution in [1.29, 1.82) is 0 Å². The second kappa shape index (κ2) is 8.07. The van der Waals surface area contributed by atoms with Gasteiger partial charge in [-0.1, -0.05) is 86.1 Å². The molecule has 27 heavy (non-hydrogen) atoms. The number of hydrogen-bond donors (Lipinski definition) is 1. The highest BCUT2D eigenvalue weighted by molar-refractivity contribution is 7.89. The molecule has 1 atom stereocenters. The minimum atomic E-state index is -3.65. The Balaban J connectivity index is 1.99. The third-order valence-electron chi connectivity index (χ3n) is 4.67. The van der Waals surface area contributed by atoms with Gasteiger partial charge in [-0.05, 0) is 41.7 Å². The number of nitrogens with one attached hydrogen (secondary N) is 1. The lowest BCUT2D eigenvalue weighted by Crippen LogP contribution is -2.29. The Morgan fingerprint density at radius 3 is 1.78 bits per heavy atom. The van der Waals surface area contributed by atoms with Gasteiger partial charge < -0.3 is 0 Å². The molecule has 0 aliphatic heterocycles. The van der Waals surface area contributed by atoms with Crippen LogP contribution in [0.1, 0.15) is 48.1 Å². The van der Waals surface area contributed by atoms with Crippen LogP contribution in [0, 0.1) is 6.92 Å². The smallest absolute Gasteiger partial charge is 0.207 e. The van der Waals surface area contributed by atoms with Crippen LogP contribution < -0.4 is 4.72 Å². The maximum atomic E-state index is 13.0. The summed E-state index contributed by atoms with van der Waals surface area (Å²) in [7, 11) is -3.65. The summed E-state index contributed by atoms with van der Waals surface area (Å²) >= 11 is 0. The zero-order chi connectivity index (χ0) is 19.4.